The van der Waals surface area contributed by atoms with Gasteiger partial charge in [0.05, 0.1) is 5.56 Å². The number of aryl methyl sites for hydroxylation is 1. The van der Waals surface area contributed by atoms with Gasteiger partial charge >= 0.3 is 0 Å². The number of rotatable bonds is 4. The van der Waals surface area contributed by atoms with E-state index in [-0.39, 0.29) is 11.3 Å². The van der Waals surface area contributed by atoms with Gasteiger partial charge in [-0.05, 0) is 48.2 Å². The average molecular weight is 291 g/mol. The Morgan fingerprint density at radius 1 is 1.00 bits per heavy atom. The maximum absolute atomic E-state index is 13.1. The van der Waals surface area contributed by atoms with Crippen LogP contribution in [0.25, 0.3) is 0 Å². The number of anilines is 1. The number of halogens is 2. The highest BCUT2D eigenvalue weighted by Crippen LogP contribution is 2.35. The molecule has 0 aromatic heterocycles. The van der Waals surface area contributed by atoms with Gasteiger partial charge in [-0.3, -0.25) is 0 Å². The third-order valence-electron chi connectivity index (χ3n) is 3.37. The highest BCUT2D eigenvalue weighted by molar-refractivity contribution is 5.50. The Balaban J connectivity index is 2.40. The fraction of sp³-hybridized carbons (Fsp3) is 0.294. The number of nitrogens with two attached hydrogens (primary N) is 1. The lowest BCUT2D eigenvalue weighted by molar-refractivity contribution is 0.148. The van der Waals surface area contributed by atoms with Crippen molar-refractivity contribution in [3.63, 3.8) is 0 Å². The zero-order valence-electron chi connectivity index (χ0n) is 12.4. The van der Waals surface area contributed by atoms with Gasteiger partial charge < -0.3 is 10.5 Å². The molecule has 0 aliphatic carbocycles. The molecule has 0 radical (unpaired) electrons. The summed E-state index contributed by atoms with van der Waals surface area (Å²) in [5.41, 5.74) is 7.67. The van der Waals surface area contributed by atoms with E-state index < -0.39 is 6.43 Å². The Bertz CT molecular complexity index is 639. The second-order valence-corrected chi connectivity index (χ2v) is 5.38. The summed E-state index contributed by atoms with van der Waals surface area (Å²) >= 11 is 0. The van der Waals surface area contributed by atoms with Gasteiger partial charge in [-0.15, -0.1) is 0 Å². The highest BCUT2D eigenvalue weighted by Gasteiger charge is 2.16. The minimum atomic E-state index is -2.63. The van der Waals surface area contributed by atoms with E-state index >= 15 is 0 Å². The van der Waals surface area contributed by atoms with Crippen LogP contribution in [0.5, 0.6) is 11.5 Å². The van der Waals surface area contributed by atoms with Gasteiger partial charge in [0.2, 0.25) is 0 Å². The van der Waals surface area contributed by atoms with Crippen LogP contribution in [0.15, 0.2) is 36.4 Å². The Morgan fingerprint density at radius 2 is 1.71 bits per heavy atom. The molecule has 0 unspecified atom stereocenters. The van der Waals surface area contributed by atoms with Gasteiger partial charge in [0.15, 0.2) is 0 Å². The first-order valence-electron chi connectivity index (χ1n) is 6.84. The fourth-order valence-electron chi connectivity index (χ4n) is 2.03. The lowest BCUT2D eigenvalue weighted by Gasteiger charge is -2.15. The zero-order chi connectivity index (χ0) is 15.6. The summed E-state index contributed by atoms with van der Waals surface area (Å²) in [6.07, 6.45) is -2.63. The molecule has 0 aliphatic rings. The first-order valence-corrected chi connectivity index (χ1v) is 6.84. The van der Waals surface area contributed by atoms with Crippen molar-refractivity contribution in [1.29, 1.82) is 0 Å². The Kier molecular flexibility index (Phi) is 4.46. The summed E-state index contributed by atoms with van der Waals surface area (Å²) in [5.74, 6) is 1.07. The summed E-state index contributed by atoms with van der Waals surface area (Å²) in [6, 6.07) is 10.1. The number of alkyl halides is 2. The third-order valence-corrected chi connectivity index (χ3v) is 3.37. The fourth-order valence-corrected chi connectivity index (χ4v) is 2.03. The normalized spacial score (nSPS) is 11.2. The van der Waals surface area contributed by atoms with E-state index in [2.05, 4.69) is 13.8 Å². The van der Waals surface area contributed by atoms with Gasteiger partial charge in [0.25, 0.3) is 6.43 Å². The SMILES string of the molecule is Cc1ccc(C(C)C)cc1Oc1ccc(N)cc1C(F)F. The summed E-state index contributed by atoms with van der Waals surface area (Å²) < 4.78 is 31.9. The van der Waals surface area contributed by atoms with Crippen LogP contribution in [0.1, 0.15) is 42.9 Å². The molecule has 2 aromatic rings. The van der Waals surface area contributed by atoms with Crippen molar-refractivity contribution in [2.24, 2.45) is 0 Å². The van der Waals surface area contributed by atoms with Crippen molar-refractivity contribution in [3.8, 4) is 11.5 Å². The van der Waals surface area contributed by atoms with E-state index in [1.54, 1.807) is 6.07 Å². The Labute approximate surface area is 123 Å². The van der Waals surface area contributed by atoms with Crippen LogP contribution in [0.2, 0.25) is 0 Å². The molecule has 0 bridgehead atoms. The molecule has 4 heteroatoms. The van der Waals surface area contributed by atoms with Crippen LogP contribution >= 0.6 is 0 Å². The van der Waals surface area contributed by atoms with Crippen molar-refractivity contribution < 1.29 is 13.5 Å². The zero-order valence-corrected chi connectivity index (χ0v) is 12.4. The molecule has 0 fully saturated rings. The van der Waals surface area contributed by atoms with Crippen LogP contribution < -0.4 is 10.5 Å². The molecule has 0 saturated carbocycles. The van der Waals surface area contributed by atoms with Crippen molar-refractivity contribution in [2.45, 2.75) is 33.1 Å². The molecule has 2 nitrogen and oxygen atoms in total. The number of nitrogen functional groups attached to an aromatic ring is 1. The van der Waals surface area contributed by atoms with Crippen LogP contribution in [0.4, 0.5) is 14.5 Å². The molecule has 2 aromatic carbocycles. The van der Waals surface area contributed by atoms with Gasteiger partial charge in [0, 0.05) is 5.69 Å². The minimum absolute atomic E-state index is 0.142. The first kappa shape index (κ1) is 15.3. The number of benzene rings is 2. The van der Waals surface area contributed by atoms with E-state index in [9.17, 15) is 8.78 Å². The Hall–Kier alpha value is -2.10. The van der Waals surface area contributed by atoms with Gasteiger partial charge in [-0.25, -0.2) is 8.78 Å². The molecule has 0 heterocycles. The van der Waals surface area contributed by atoms with Gasteiger partial charge in [0.1, 0.15) is 11.5 Å². The summed E-state index contributed by atoms with van der Waals surface area (Å²) in [4.78, 5) is 0. The largest absolute Gasteiger partial charge is 0.457 e. The minimum Gasteiger partial charge on any atom is -0.457 e. The molecule has 21 heavy (non-hydrogen) atoms. The number of ether oxygens (including phenoxy) is 1. The van der Waals surface area contributed by atoms with Crippen LogP contribution in [0.3, 0.4) is 0 Å². The van der Waals surface area contributed by atoms with Crippen LogP contribution in [-0.2, 0) is 0 Å². The Morgan fingerprint density at radius 3 is 2.33 bits per heavy atom. The predicted octanol–water partition coefficient (Wildman–Crippen LogP) is 5.43. The highest BCUT2D eigenvalue weighted by atomic mass is 19.3. The molecule has 0 saturated heterocycles. The second-order valence-electron chi connectivity index (χ2n) is 5.38. The molecule has 0 spiro atoms. The third kappa shape index (κ3) is 3.51. The molecule has 112 valence electrons. The second kappa shape index (κ2) is 6.12. The van der Waals surface area contributed by atoms with Crippen LogP contribution in [-0.4, -0.2) is 0 Å². The standard InChI is InChI=1S/C17H19F2NO/c1-10(2)12-5-4-11(3)16(8-12)21-15-7-6-13(20)9-14(15)17(18)19/h4-10,17H,20H2,1-3H3. The molecule has 0 atom stereocenters. The van der Waals surface area contributed by atoms with Crippen LogP contribution in [0, 0.1) is 6.92 Å². The van der Waals surface area contributed by atoms with Crippen molar-refractivity contribution in [3.05, 3.63) is 53.1 Å². The van der Waals surface area contributed by atoms with E-state index in [1.807, 2.05) is 25.1 Å². The average Bonchev–Trinajstić information content (AvgIpc) is 2.42. The smallest absolute Gasteiger partial charge is 0.267 e. The van der Waals surface area contributed by atoms with E-state index in [0.717, 1.165) is 11.1 Å². The van der Waals surface area contributed by atoms with E-state index in [1.165, 1.54) is 12.1 Å². The molecule has 2 rings (SSSR count). The van der Waals surface area contributed by atoms with Crippen molar-refractivity contribution in [2.75, 3.05) is 5.73 Å². The quantitative estimate of drug-likeness (QED) is 0.762. The summed E-state index contributed by atoms with van der Waals surface area (Å²) in [6.45, 7) is 6.03. The first-order chi connectivity index (χ1) is 9.88. The maximum Gasteiger partial charge on any atom is 0.267 e. The molecule has 0 amide bonds. The molecule has 0 aliphatic heterocycles. The lowest BCUT2D eigenvalue weighted by atomic mass is 10.0. The lowest BCUT2D eigenvalue weighted by Crippen LogP contribution is -1.97. The van der Waals surface area contributed by atoms with Gasteiger partial charge in [-0.1, -0.05) is 26.0 Å². The van der Waals surface area contributed by atoms with Gasteiger partial charge in [-0.2, -0.15) is 0 Å². The maximum atomic E-state index is 13.1. The van der Waals surface area contributed by atoms with E-state index in [4.69, 9.17) is 10.5 Å². The number of hydrogen-bond acceptors (Lipinski definition) is 2. The number of hydrogen-bond donors (Lipinski definition) is 1. The summed E-state index contributed by atoms with van der Waals surface area (Å²) in [5, 5.41) is 0. The van der Waals surface area contributed by atoms with Crippen molar-refractivity contribution >= 4 is 5.69 Å². The van der Waals surface area contributed by atoms with E-state index in [0.29, 0.717) is 17.4 Å². The summed E-state index contributed by atoms with van der Waals surface area (Å²) in [7, 11) is 0. The molecule has 2 N–H and O–H groups in total. The molecular formula is C17H19F2NO. The topological polar surface area (TPSA) is 35.2 Å². The monoisotopic (exact) mass is 291 g/mol. The van der Waals surface area contributed by atoms with Crippen molar-refractivity contribution in [1.82, 2.24) is 0 Å². The predicted molar refractivity (Wildman–Crippen MR) is 81.2 cm³/mol. The molecular weight excluding hydrogens is 272 g/mol.